The third kappa shape index (κ3) is 16.9. The molecular weight excluding hydrogens is 709 g/mol. The second-order valence-corrected chi connectivity index (χ2v) is 19.3. The number of hydrogen-bond donors (Lipinski definition) is 3. The highest BCUT2D eigenvalue weighted by Gasteiger charge is 2.58. The topological polar surface area (TPSA) is 117 Å². The Morgan fingerprint density at radius 1 is 0.789 bits per heavy atom. The number of carbonyl (C=O) groups is 1. The summed E-state index contributed by atoms with van der Waals surface area (Å²) in [5.41, 5.74) is 11.9. The minimum absolute atomic E-state index is 0.0528. The van der Waals surface area contributed by atoms with Gasteiger partial charge in [0.15, 0.2) is 0 Å². The average molecular weight is 806 g/mol. The van der Waals surface area contributed by atoms with E-state index in [4.69, 9.17) is 25.7 Å². The van der Waals surface area contributed by atoms with E-state index in [0.29, 0.717) is 61.1 Å². The summed E-state index contributed by atoms with van der Waals surface area (Å²) in [5, 5.41) is 2.29. The molecule has 8 nitrogen and oxygen atoms in total. The molecule has 336 valence electrons. The number of hydrogen-bond acceptors (Lipinski definition) is 6. The van der Waals surface area contributed by atoms with Crippen molar-refractivity contribution in [2.24, 2.45) is 52.4 Å². The Kier molecular flexibility index (Phi) is 26.2. The third-order valence-electron chi connectivity index (χ3n) is 15.2. The fraction of sp³-hybridized carbons (Fsp3) is 0.980. The number of unbranched alkanes of at least 4 members (excludes halogenated alkanes) is 6. The number of nitrogens with two attached hydrogens (primary N) is 3. The fourth-order valence-corrected chi connectivity index (χ4v) is 11.7. The van der Waals surface area contributed by atoms with Crippen molar-refractivity contribution in [1.82, 2.24) is 4.90 Å². The van der Waals surface area contributed by atoms with Crippen molar-refractivity contribution in [3.05, 3.63) is 0 Å². The van der Waals surface area contributed by atoms with Crippen LogP contribution in [0.25, 0.3) is 0 Å². The minimum Gasteiger partial charge on any atom is -0.378 e. The van der Waals surface area contributed by atoms with Gasteiger partial charge >= 0.3 is 0 Å². The number of nitrogens with zero attached hydrogens (tertiary/aromatic N) is 1. The molecule has 0 heterocycles. The van der Waals surface area contributed by atoms with Gasteiger partial charge in [-0.05, 0) is 132 Å². The molecule has 0 saturated heterocycles. The van der Waals surface area contributed by atoms with Crippen LogP contribution in [-0.2, 0) is 19.0 Å². The van der Waals surface area contributed by atoms with E-state index < -0.39 is 0 Å². The molecule has 0 bridgehead atoms. The molecule has 3 saturated carbocycles. The van der Waals surface area contributed by atoms with Crippen LogP contribution in [-0.4, -0.2) is 88.7 Å². The van der Waals surface area contributed by atoms with Crippen LogP contribution in [0.3, 0.4) is 0 Å². The molecular formula is C49H97N4O4+. The highest BCUT2D eigenvalue weighted by molar-refractivity contribution is 5.76. The van der Waals surface area contributed by atoms with E-state index in [-0.39, 0.29) is 17.6 Å². The molecule has 0 aliphatic heterocycles. The number of ether oxygens (including phenoxy) is 3. The second kappa shape index (κ2) is 29.5. The predicted molar refractivity (Wildman–Crippen MR) is 239 cm³/mol. The first-order valence-electron chi connectivity index (χ1n) is 25.1. The standard InChI is InChI=1S/C49H96N4O4/c1-7-10-12-14-31-53(32-15-13-11-8-2)48(54)27-22-39(4)44-24-25-45-43(37-40(9-3)38-47(49(44,45)5)57-34-18-29-51)46(56-35-19-30-52-6)26-23-41-20-16-21-42(36-41)55-33-17-28-50/h39-47,52H,7-38,50-51H2,1-6H3/p+1/t39-,40-,41?,42-,43?,44?,45+,46?,47+,49?/m1/s1. The van der Waals surface area contributed by atoms with Crippen LogP contribution < -0.4 is 16.8 Å². The average Bonchev–Trinajstić information content (AvgIpc) is 3.51. The van der Waals surface area contributed by atoms with Crippen molar-refractivity contribution in [3.63, 3.8) is 0 Å². The van der Waals surface area contributed by atoms with Gasteiger partial charge in [-0.2, -0.15) is 0 Å². The van der Waals surface area contributed by atoms with E-state index >= 15 is 0 Å². The van der Waals surface area contributed by atoms with E-state index in [9.17, 15) is 4.79 Å². The number of rotatable bonds is 32. The van der Waals surface area contributed by atoms with Gasteiger partial charge in [0, 0.05) is 44.6 Å². The molecule has 0 aromatic heterocycles. The van der Waals surface area contributed by atoms with Gasteiger partial charge in [-0.3, -0.25) is 4.79 Å². The third-order valence-corrected chi connectivity index (χ3v) is 15.2. The van der Waals surface area contributed by atoms with Crippen molar-refractivity contribution in [1.29, 1.82) is 0 Å². The van der Waals surface area contributed by atoms with Gasteiger partial charge in [0.05, 0.1) is 38.5 Å². The first-order chi connectivity index (χ1) is 27.8. The van der Waals surface area contributed by atoms with Gasteiger partial charge in [-0.1, -0.05) is 92.4 Å². The van der Waals surface area contributed by atoms with Gasteiger partial charge in [-0.15, -0.1) is 0 Å². The van der Waals surface area contributed by atoms with Crippen LogP contribution >= 0.6 is 0 Å². The van der Waals surface area contributed by atoms with E-state index in [1.54, 1.807) is 0 Å². The molecule has 0 aromatic rings. The summed E-state index contributed by atoms with van der Waals surface area (Å²) in [4.78, 5) is 16.2. The van der Waals surface area contributed by atoms with Crippen LogP contribution in [0.5, 0.6) is 0 Å². The normalized spacial score (nSPS) is 28.9. The molecule has 3 aliphatic carbocycles. The SMILES string of the molecule is CCCCCCN(CCCCCC)C(=O)CC[C@@H](C)C1CC[C@H]2C(C(CCC3CCC[C@@H](OCCCN)C3)OCCC[NH2+]C)C[C@@H](CC)C[C@H](OCCCN)C12C. The molecule has 0 radical (unpaired) electrons. The Balaban J connectivity index is 1.84. The fourth-order valence-electron chi connectivity index (χ4n) is 11.7. The first kappa shape index (κ1) is 50.6. The Bertz CT molecular complexity index is 1010. The summed E-state index contributed by atoms with van der Waals surface area (Å²) in [5.74, 6) is 3.86. The zero-order valence-corrected chi connectivity index (χ0v) is 38.6. The Hall–Kier alpha value is -0.770. The molecule has 1 amide bonds. The molecule has 5 unspecified atom stereocenters. The Morgan fingerprint density at radius 2 is 1.49 bits per heavy atom. The maximum Gasteiger partial charge on any atom is 0.222 e. The molecule has 8 heteroatoms. The lowest BCUT2D eigenvalue weighted by molar-refractivity contribution is -0.627. The summed E-state index contributed by atoms with van der Waals surface area (Å²) in [6.45, 7) is 18.8. The van der Waals surface area contributed by atoms with Crippen molar-refractivity contribution in [2.75, 3.05) is 59.6 Å². The maximum atomic E-state index is 14.0. The summed E-state index contributed by atoms with van der Waals surface area (Å²) < 4.78 is 20.5. The molecule has 0 aromatic carbocycles. The van der Waals surface area contributed by atoms with Crippen LogP contribution in [0.2, 0.25) is 0 Å². The van der Waals surface area contributed by atoms with Crippen molar-refractivity contribution >= 4 is 5.91 Å². The zero-order chi connectivity index (χ0) is 41.3. The van der Waals surface area contributed by atoms with Gasteiger partial charge in [-0.25, -0.2) is 0 Å². The van der Waals surface area contributed by atoms with Crippen LogP contribution in [0, 0.1) is 40.9 Å². The Labute approximate surface area is 353 Å². The monoisotopic (exact) mass is 806 g/mol. The quantitative estimate of drug-likeness (QED) is 0.0584. The van der Waals surface area contributed by atoms with E-state index in [1.165, 1.54) is 96.3 Å². The van der Waals surface area contributed by atoms with Crippen LogP contribution in [0.1, 0.15) is 189 Å². The number of quaternary nitrogens is 1. The van der Waals surface area contributed by atoms with E-state index in [1.807, 2.05) is 0 Å². The molecule has 57 heavy (non-hydrogen) atoms. The van der Waals surface area contributed by atoms with Crippen LogP contribution in [0.4, 0.5) is 0 Å². The van der Waals surface area contributed by atoms with Crippen molar-refractivity contribution in [2.45, 2.75) is 207 Å². The van der Waals surface area contributed by atoms with Gasteiger partial charge in [0.25, 0.3) is 0 Å². The molecule has 3 fully saturated rings. The number of fused-ring (bicyclic) bond motifs is 1. The highest BCUT2D eigenvalue weighted by Crippen LogP contribution is 2.61. The lowest BCUT2D eigenvalue weighted by Crippen LogP contribution is -2.79. The van der Waals surface area contributed by atoms with Crippen molar-refractivity contribution < 1.29 is 24.3 Å². The van der Waals surface area contributed by atoms with Gasteiger partial charge in [0.1, 0.15) is 0 Å². The number of amides is 1. The van der Waals surface area contributed by atoms with Gasteiger partial charge < -0.3 is 35.9 Å². The summed E-state index contributed by atoms with van der Waals surface area (Å²) in [6, 6.07) is 0. The molecule has 0 spiro atoms. The largest absolute Gasteiger partial charge is 0.378 e. The molecule has 6 N–H and O–H groups in total. The zero-order valence-electron chi connectivity index (χ0n) is 38.6. The smallest absolute Gasteiger partial charge is 0.222 e. The predicted octanol–water partition coefficient (Wildman–Crippen LogP) is 9.27. The minimum atomic E-state index is 0.0528. The molecule has 3 rings (SSSR count). The van der Waals surface area contributed by atoms with Crippen molar-refractivity contribution in [3.8, 4) is 0 Å². The highest BCUT2D eigenvalue weighted by atomic mass is 16.5. The summed E-state index contributed by atoms with van der Waals surface area (Å²) in [7, 11) is 2.17. The lowest BCUT2D eigenvalue weighted by Gasteiger charge is -2.47. The van der Waals surface area contributed by atoms with Crippen LogP contribution in [0.15, 0.2) is 0 Å². The summed E-state index contributed by atoms with van der Waals surface area (Å²) >= 11 is 0. The van der Waals surface area contributed by atoms with E-state index in [0.717, 1.165) is 96.7 Å². The molecule has 3 aliphatic rings. The van der Waals surface area contributed by atoms with Gasteiger partial charge in [0.2, 0.25) is 5.91 Å². The maximum absolute atomic E-state index is 14.0. The number of carbonyl (C=O) groups excluding carboxylic acids is 1. The lowest BCUT2D eigenvalue weighted by atomic mass is 9.61. The Morgan fingerprint density at radius 3 is 2.14 bits per heavy atom. The summed E-state index contributed by atoms with van der Waals surface area (Å²) in [6.07, 6.45) is 28.7. The first-order valence-corrected chi connectivity index (χ1v) is 25.1. The van der Waals surface area contributed by atoms with E-state index in [2.05, 4.69) is 51.9 Å². The second-order valence-electron chi connectivity index (χ2n) is 19.3. The molecule has 10 atom stereocenters.